The monoisotopic (exact) mass is 423 g/mol. The molecule has 0 unspecified atom stereocenters. The molecule has 0 heterocycles. The van der Waals surface area contributed by atoms with Gasteiger partial charge in [0.2, 0.25) is 5.91 Å². The van der Waals surface area contributed by atoms with Gasteiger partial charge >= 0.3 is 0 Å². The predicted octanol–water partition coefficient (Wildman–Crippen LogP) is 4.21. The molecule has 0 saturated carbocycles. The highest BCUT2D eigenvalue weighted by molar-refractivity contribution is 6.05. The van der Waals surface area contributed by atoms with Gasteiger partial charge in [-0.2, -0.15) is 0 Å². The van der Waals surface area contributed by atoms with E-state index in [0.29, 0.717) is 30.0 Å². The molecule has 158 valence electrons. The van der Waals surface area contributed by atoms with Crippen LogP contribution in [-0.2, 0) is 4.79 Å². The molecular weight excluding hydrogens is 397 g/mol. The van der Waals surface area contributed by atoms with E-state index in [1.54, 1.807) is 18.2 Å². The van der Waals surface area contributed by atoms with E-state index in [2.05, 4.69) is 10.6 Å². The van der Waals surface area contributed by atoms with E-state index < -0.39 is 17.1 Å². The van der Waals surface area contributed by atoms with Crippen LogP contribution < -0.4 is 21.1 Å². The molecular formula is C21H27ClFN3O3. The van der Waals surface area contributed by atoms with E-state index in [9.17, 15) is 14.0 Å². The lowest BCUT2D eigenvalue weighted by atomic mass is 9.81. The van der Waals surface area contributed by atoms with Crippen molar-refractivity contribution in [3.63, 3.8) is 0 Å². The topological polar surface area (TPSA) is 93.5 Å². The van der Waals surface area contributed by atoms with Crippen molar-refractivity contribution in [1.82, 2.24) is 0 Å². The third-order valence-corrected chi connectivity index (χ3v) is 5.02. The lowest BCUT2D eigenvalue weighted by Gasteiger charge is -2.28. The predicted molar refractivity (Wildman–Crippen MR) is 115 cm³/mol. The minimum atomic E-state index is -0.648. The first-order chi connectivity index (χ1) is 13.4. The van der Waals surface area contributed by atoms with Crippen molar-refractivity contribution >= 4 is 35.6 Å². The van der Waals surface area contributed by atoms with Crippen LogP contribution in [-0.4, -0.2) is 25.5 Å². The minimum Gasteiger partial charge on any atom is -0.495 e. The maximum absolute atomic E-state index is 13.4. The van der Waals surface area contributed by atoms with Gasteiger partial charge in [-0.15, -0.1) is 12.4 Å². The van der Waals surface area contributed by atoms with Crippen LogP contribution in [0.25, 0.3) is 0 Å². The molecule has 8 heteroatoms. The molecule has 0 atom stereocenters. The Morgan fingerprint density at radius 3 is 2.34 bits per heavy atom. The number of amides is 2. The van der Waals surface area contributed by atoms with Crippen molar-refractivity contribution in [1.29, 1.82) is 0 Å². The zero-order chi connectivity index (χ0) is 20.7. The van der Waals surface area contributed by atoms with E-state index in [1.807, 2.05) is 13.8 Å². The van der Waals surface area contributed by atoms with E-state index in [0.717, 1.165) is 6.07 Å². The van der Waals surface area contributed by atoms with Gasteiger partial charge in [-0.1, -0.05) is 19.9 Å². The second-order valence-corrected chi connectivity index (χ2v) is 6.53. The summed E-state index contributed by atoms with van der Waals surface area (Å²) >= 11 is 0. The van der Waals surface area contributed by atoms with Crippen LogP contribution >= 0.6 is 12.4 Å². The number of hydrogen-bond donors (Lipinski definition) is 3. The standard InChI is InChI=1S/C21H26FN3O3.ClH/c1-4-21(5-2,13-23)20(27)24-16-9-10-18(28-3)17(12-16)25-19(26)14-7-6-8-15(22)11-14;/h6-12H,4-5,13,23H2,1-3H3,(H,24,27)(H,25,26);1H. The van der Waals surface area contributed by atoms with Crippen molar-refractivity contribution in [2.24, 2.45) is 11.1 Å². The van der Waals surface area contributed by atoms with E-state index in [4.69, 9.17) is 10.5 Å². The molecule has 0 spiro atoms. The highest BCUT2D eigenvalue weighted by atomic mass is 35.5. The first-order valence-corrected chi connectivity index (χ1v) is 9.15. The molecule has 0 aliphatic rings. The van der Waals surface area contributed by atoms with Gasteiger partial charge < -0.3 is 21.1 Å². The molecule has 2 aromatic carbocycles. The fourth-order valence-corrected chi connectivity index (χ4v) is 2.92. The Hall–Kier alpha value is -2.64. The Morgan fingerprint density at radius 1 is 1.10 bits per heavy atom. The summed E-state index contributed by atoms with van der Waals surface area (Å²) < 4.78 is 18.6. The van der Waals surface area contributed by atoms with Gasteiger partial charge in [0.1, 0.15) is 11.6 Å². The Bertz CT molecular complexity index is 849. The van der Waals surface area contributed by atoms with E-state index >= 15 is 0 Å². The number of nitrogens with one attached hydrogen (secondary N) is 2. The second-order valence-electron chi connectivity index (χ2n) is 6.53. The van der Waals surface area contributed by atoms with Crippen molar-refractivity contribution in [3.8, 4) is 5.75 Å². The van der Waals surface area contributed by atoms with Crippen molar-refractivity contribution in [2.75, 3.05) is 24.3 Å². The number of halogens is 2. The summed E-state index contributed by atoms with van der Waals surface area (Å²) in [6.07, 6.45) is 1.23. The largest absolute Gasteiger partial charge is 0.495 e. The smallest absolute Gasteiger partial charge is 0.255 e. The summed E-state index contributed by atoms with van der Waals surface area (Å²) in [6, 6.07) is 10.3. The normalized spacial score (nSPS) is 10.7. The molecule has 6 nitrogen and oxygen atoms in total. The quantitative estimate of drug-likeness (QED) is 0.592. The summed E-state index contributed by atoms with van der Waals surface area (Å²) in [7, 11) is 1.47. The van der Waals surface area contributed by atoms with Gasteiger partial charge in [0.15, 0.2) is 0 Å². The maximum Gasteiger partial charge on any atom is 0.255 e. The fourth-order valence-electron chi connectivity index (χ4n) is 2.92. The lowest BCUT2D eigenvalue weighted by molar-refractivity contribution is -0.125. The van der Waals surface area contributed by atoms with Gasteiger partial charge in [0.05, 0.1) is 18.2 Å². The minimum absolute atomic E-state index is 0. The first kappa shape index (κ1) is 24.4. The molecule has 29 heavy (non-hydrogen) atoms. The third-order valence-electron chi connectivity index (χ3n) is 5.02. The molecule has 2 amide bonds. The Labute approximate surface area is 176 Å². The highest BCUT2D eigenvalue weighted by Crippen LogP contribution is 2.31. The summed E-state index contributed by atoms with van der Waals surface area (Å²) in [6.45, 7) is 4.09. The number of methoxy groups -OCH3 is 1. The molecule has 0 aromatic heterocycles. The third kappa shape index (κ3) is 5.68. The SMILES string of the molecule is CCC(CC)(CN)C(=O)Nc1ccc(OC)c(NC(=O)c2cccc(F)c2)c1.Cl. The molecule has 0 fully saturated rings. The molecule has 2 aromatic rings. The fraction of sp³-hybridized carbons (Fsp3) is 0.333. The maximum atomic E-state index is 13.4. The zero-order valence-corrected chi connectivity index (χ0v) is 17.6. The number of ether oxygens (including phenoxy) is 1. The van der Waals surface area contributed by atoms with Crippen LogP contribution in [0.5, 0.6) is 5.75 Å². The van der Waals surface area contributed by atoms with E-state index in [1.165, 1.54) is 25.3 Å². The van der Waals surface area contributed by atoms with Crippen molar-refractivity contribution in [2.45, 2.75) is 26.7 Å². The van der Waals surface area contributed by atoms with Gasteiger partial charge in [-0.25, -0.2) is 4.39 Å². The number of hydrogen-bond acceptors (Lipinski definition) is 4. The van der Waals surface area contributed by atoms with Gasteiger partial charge in [0, 0.05) is 17.8 Å². The average Bonchev–Trinajstić information content (AvgIpc) is 2.70. The summed E-state index contributed by atoms with van der Waals surface area (Å²) in [5.41, 5.74) is 6.22. The van der Waals surface area contributed by atoms with Gasteiger partial charge in [0.25, 0.3) is 5.91 Å². The van der Waals surface area contributed by atoms with Gasteiger partial charge in [-0.3, -0.25) is 9.59 Å². The second kappa shape index (κ2) is 10.8. The molecule has 2 rings (SSSR count). The number of rotatable bonds is 8. The highest BCUT2D eigenvalue weighted by Gasteiger charge is 2.33. The number of nitrogens with two attached hydrogens (primary N) is 1. The molecule has 0 aliphatic carbocycles. The van der Waals surface area contributed by atoms with Crippen LogP contribution in [0.3, 0.4) is 0 Å². The summed E-state index contributed by atoms with van der Waals surface area (Å²) in [4.78, 5) is 25.2. The molecule has 0 saturated heterocycles. The molecule has 0 bridgehead atoms. The van der Waals surface area contributed by atoms with Crippen LogP contribution in [0.1, 0.15) is 37.0 Å². The van der Waals surface area contributed by atoms with Crippen LogP contribution in [0, 0.1) is 11.2 Å². The van der Waals surface area contributed by atoms with Crippen molar-refractivity contribution in [3.05, 3.63) is 53.8 Å². The molecule has 4 N–H and O–H groups in total. The molecule has 0 radical (unpaired) electrons. The number of benzene rings is 2. The Kier molecular flexibility index (Phi) is 9.07. The summed E-state index contributed by atoms with van der Waals surface area (Å²) in [5.74, 6) is -0.746. The Morgan fingerprint density at radius 2 is 1.79 bits per heavy atom. The van der Waals surface area contributed by atoms with Gasteiger partial charge in [-0.05, 0) is 49.2 Å². The average molecular weight is 424 g/mol. The zero-order valence-electron chi connectivity index (χ0n) is 16.8. The van der Waals surface area contributed by atoms with E-state index in [-0.39, 0.29) is 30.4 Å². The lowest BCUT2D eigenvalue weighted by Crippen LogP contribution is -2.41. The van der Waals surface area contributed by atoms with Crippen LogP contribution in [0.4, 0.5) is 15.8 Å². The number of anilines is 2. The Balaban J connectivity index is 0.00000420. The van der Waals surface area contributed by atoms with Crippen LogP contribution in [0.2, 0.25) is 0 Å². The van der Waals surface area contributed by atoms with Crippen LogP contribution in [0.15, 0.2) is 42.5 Å². The molecule has 0 aliphatic heterocycles. The number of carbonyl (C=O) groups excluding carboxylic acids is 2. The number of carbonyl (C=O) groups is 2. The van der Waals surface area contributed by atoms with Crippen molar-refractivity contribution < 1.29 is 18.7 Å². The first-order valence-electron chi connectivity index (χ1n) is 9.15. The summed E-state index contributed by atoms with van der Waals surface area (Å²) in [5, 5.41) is 5.56.